The summed E-state index contributed by atoms with van der Waals surface area (Å²) >= 11 is 0. The average molecular weight is 234 g/mol. The van der Waals surface area contributed by atoms with E-state index in [2.05, 4.69) is 4.74 Å². The van der Waals surface area contributed by atoms with Gasteiger partial charge in [-0.05, 0) is 19.1 Å². The normalized spacial score (nSPS) is 11.1. The summed E-state index contributed by atoms with van der Waals surface area (Å²) in [6.07, 6.45) is -4.84. The van der Waals surface area contributed by atoms with Crippen LogP contribution >= 0.6 is 0 Å². The Kier molecular flexibility index (Phi) is 3.41. The SMILES string of the molecule is COc1ccc(C(C)=O)c(OC(F)(F)F)c1. The Bertz CT molecular complexity index is 399. The Hall–Kier alpha value is -1.72. The van der Waals surface area contributed by atoms with Crippen molar-refractivity contribution < 1.29 is 27.4 Å². The van der Waals surface area contributed by atoms with Crippen LogP contribution in [0.5, 0.6) is 11.5 Å². The molecule has 0 saturated heterocycles. The average Bonchev–Trinajstić information content (AvgIpc) is 2.14. The third kappa shape index (κ3) is 3.15. The van der Waals surface area contributed by atoms with Crippen LogP contribution in [0.15, 0.2) is 18.2 Å². The highest BCUT2D eigenvalue weighted by molar-refractivity contribution is 5.97. The Morgan fingerprint density at radius 3 is 2.38 bits per heavy atom. The van der Waals surface area contributed by atoms with Gasteiger partial charge in [-0.1, -0.05) is 0 Å². The molecule has 3 nitrogen and oxygen atoms in total. The number of methoxy groups -OCH3 is 1. The standard InChI is InChI=1S/C10H9F3O3/c1-6(14)8-4-3-7(15-2)5-9(8)16-10(11,12)13/h3-5H,1-2H3. The predicted molar refractivity (Wildman–Crippen MR) is 49.7 cm³/mol. The van der Waals surface area contributed by atoms with Gasteiger partial charge in [0.25, 0.3) is 0 Å². The maximum atomic E-state index is 12.0. The molecule has 0 saturated carbocycles. The van der Waals surface area contributed by atoms with Gasteiger partial charge < -0.3 is 9.47 Å². The molecule has 0 aromatic heterocycles. The van der Waals surface area contributed by atoms with Crippen molar-refractivity contribution in [2.45, 2.75) is 13.3 Å². The van der Waals surface area contributed by atoms with Crippen LogP contribution in [0.3, 0.4) is 0 Å². The number of hydrogen-bond acceptors (Lipinski definition) is 3. The molecule has 6 heteroatoms. The molecular formula is C10H9F3O3. The van der Waals surface area contributed by atoms with Crippen molar-refractivity contribution in [2.75, 3.05) is 7.11 Å². The minimum atomic E-state index is -4.84. The lowest BCUT2D eigenvalue weighted by atomic mass is 10.1. The zero-order valence-corrected chi connectivity index (χ0v) is 8.59. The Morgan fingerprint density at radius 1 is 1.31 bits per heavy atom. The van der Waals surface area contributed by atoms with Gasteiger partial charge in [-0.25, -0.2) is 0 Å². The predicted octanol–water partition coefficient (Wildman–Crippen LogP) is 2.80. The maximum Gasteiger partial charge on any atom is 0.573 e. The molecule has 0 fully saturated rings. The van der Waals surface area contributed by atoms with Crippen LogP contribution in [0.1, 0.15) is 17.3 Å². The zero-order valence-electron chi connectivity index (χ0n) is 8.59. The molecule has 0 spiro atoms. The molecule has 0 aliphatic rings. The van der Waals surface area contributed by atoms with Crippen LogP contribution in [0.25, 0.3) is 0 Å². The maximum absolute atomic E-state index is 12.0. The van der Waals surface area contributed by atoms with Crippen molar-refractivity contribution in [3.8, 4) is 11.5 Å². The molecule has 1 aromatic rings. The minimum absolute atomic E-state index is 0.141. The van der Waals surface area contributed by atoms with Crippen LogP contribution in [0.4, 0.5) is 13.2 Å². The van der Waals surface area contributed by atoms with E-state index >= 15 is 0 Å². The molecule has 0 radical (unpaired) electrons. The van der Waals surface area contributed by atoms with E-state index < -0.39 is 17.9 Å². The number of carbonyl (C=O) groups excluding carboxylic acids is 1. The third-order valence-electron chi connectivity index (χ3n) is 1.79. The lowest BCUT2D eigenvalue weighted by Gasteiger charge is -2.12. The van der Waals surface area contributed by atoms with E-state index in [0.717, 1.165) is 13.0 Å². The summed E-state index contributed by atoms with van der Waals surface area (Å²) in [4.78, 5) is 11.1. The van der Waals surface area contributed by atoms with Crippen LogP contribution in [0.2, 0.25) is 0 Å². The molecule has 1 rings (SSSR count). The van der Waals surface area contributed by atoms with Gasteiger partial charge in [-0.3, -0.25) is 4.79 Å². The molecule has 0 heterocycles. The Balaban J connectivity index is 3.15. The van der Waals surface area contributed by atoms with Gasteiger partial charge in [0.15, 0.2) is 5.78 Å². The smallest absolute Gasteiger partial charge is 0.497 e. The van der Waals surface area contributed by atoms with E-state index in [-0.39, 0.29) is 11.3 Å². The van der Waals surface area contributed by atoms with E-state index in [1.54, 1.807) is 0 Å². The van der Waals surface area contributed by atoms with E-state index in [1.807, 2.05) is 0 Å². The topological polar surface area (TPSA) is 35.5 Å². The highest BCUT2D eigenvalue weighted by atomic mass is 19.4. The van der Waals surface area contributed by atoms with Gasteiger partial charge in [0, 0.05) is 6.07 Å². The number of carbonyl (C=O) groups is 1. The van der Waals surface area contributed by atoms with Gasteiger partial charge in [0.2, 0.25) is 0 Å². The second-order valence-electron chi connectivity index (χ2n) is 2.97. The first-order chi connectivity index (χ1) is 7.33. The van der Waals surface area contributed by atoms with Crippen molar-refractivity contribution in [2.24, 2.45) is 0 Å². The first-order valence-electron chi connectivity index (χ1n) is 4.28. The van der Waals surface area contributed by atoms with Crippen molar-refractivity contribution >= 4 is 5.78 Å². The van der Waals surface area contributed by atoms with Gasteiger partial charge in [0.05, 0.1) is 12.7 Å². The molecule has 0 unspecified atom stereocenters. The van der Waals surface area contributed by atoms with E-state index in [4.69, 9.17) is 4.74 Å². The summed E-state index contributed by atoms with van der Waals surface area (Å²) in [5.74, 6) is -0.884. The quantitative estimate of drug-likeness (QED) is 0.754. The summed E-state index contributed by atoms with van der Waals surface area (Å²) in [6, 6.07) is 3.63. The number of ketones is 1. The summed E-state index contributed by atoms with van der Waals surface area (Å²) in [7, 11) is 1.31. The fraction of sp³-hybridized carbons (Fsp3) is 0.300. The number of hydrogen-bond donors (Lipinski definition) is 0. The van der Waals surface area contributed by atoms with Crippen molar-refractivity contribution in [3.05, 3.63) is 23.8 Å². The summed E-state index contributed by atoms with van der Waals surface area (Å²) in [5.41, 5.74) is -0.141. The lowest BCUT2D eigenvalue weighted by Crippen LogP contribution is -2.18. The Labute approximate surface area is 89.8 Å². The van der Waals surface area contributed by atoms with E-state index in [1.165, 1.54) is 19.2 Å². The van der Waals surface area contributed by atoms with Crippen LogP contribution in [0, 0.1) is 0 Å². The first kappa shape index (κ1) is 12.4. The summed E-state index contributed by atoms with van der Waals surface area (Å²) in [5, 5.41) is 0. The molecule has 16 heavy (non-hydrogen) atoms. The number of Topliss-reactive ketones (excluding diaryl/α,β-unsaturated/α-hetero) is 1. The number of alkyl halides is 3. The van der Waals surface area contributed by atoms with Gasteiger partial charge in [-0.2, -0.15) is 0 Å². The van der Waals surface area contributed by atoms with Crippen molar-refractivity contribution in [1.82, 2.24) is 0 Å². The second kappa shape index (κ2) is 4.42. The highest BCUT2D eigenvalue weighted by Gasteiger charge is 2.32. The van der Waals surface area contributed by atoms with Gasteiger partial charge in [-0.15, -0.1) is 13.2 Å². The molecule has 0 aliphatic carbocycles. The van der Waals surface area contributed by atoms with Gasteiger partial charge in [0.1, 0.15) is 11.5 Å². The molecule has 0 N–H and O–H groups in total. The van der Waals surface area contributed by atoms with Crippen molar-refractivity contribution in [3.63, 3.8) is 0 Å². The number of rotatable bonds is 3. The number of ether oxygens (including phenoxy) is 2. The monoisotopic (exact) mass is 234 g/mol. The van der Waals surface area contributed by atoms with Crippen LogP contribution in [-0.4, -0.2) is 19.3 Å². The first-order valence-corrected chi connectivity index (χ1v) is 4.28. The molecule has 1 aromatic carbocycles. The summed E-state index contributed by atoms with van der Waals surface area (Å²) in [6.45, 7) is 1.16. The third-order valence-corrected chi connectivity index (χ3v) is 1.79. The van der Waals surface area contributed by atoms with Crippen molar-refractivity contribution in [1.29, 1.82) is 0 Å². The minimum Gasteiger partial charge on any atom is -0.497 e. The molecule has 0 bridgehead atoms. The van der Waals surface area contributed by atoms with Gasteiger partial charge >= 0.3 is 6.36 Å². The molecule has 0 amide bonds. The summed E-state index contributed by atoms with van der Waals surface area (Å²) < 4.78 is 44.6. The number of benzene rings is 1. The lowest BCUT2D eigenvalue weighted by molar-refractivity contribution is -0.274. The van der Waals surface area contributed by atoms with Crippen LogP contribution in [-0.2, 0) is 0 Å². The highest BCUT2D eigenvalue weighted by Crippen LogP contribution is 2.30. The second-order valence-corrected chi connectivity index (χ2v) is 2.97. The fourth-order valence-electron chi connectivity index (χ4n) is 1.13. The zero-order chi connectivity index (χ0) is 12.3. The fourth-order valence-corrected chi connectivity index (χ4v) is 1.13. The molecular weight excluding hydrogens is 225 g/mol. The molecule has 0 atom stereocenters. The largest absolute Gasteiger partial charge is 0.573 e. The van der Waals surface area contributed by atoms with Crippen LogP contribution < -0.4 is 9.47 Å². The van der Waals surface area contributed by atoms with E-state index in [0.29, 0.717) is 0 Å². The molecule has 0 aliphatic heterocycles. The Morgan fingerprint density at radius 2 is 1.94 bits per heavy atom. The van der Waals surface area contributed by atoms with E-state index in [9.17, 15) is 18.0 Å². The molecule has 88 valence electrons. The number of halogens is 3.